The lowest BCUT2D eigenvalue weighted by atomic mass is 9.92. The van der Waals surface area contributed by atoms with Gasteiger partial charge in [0.15, 0.2) is 0 Å². The van der Waals surface area contributed by atoms with Gasteiger partial charge in [0.1, 0.15) is 17.5 Å². The summed E-state index contributed by atoms with van der Waals surface area (Å²) in [5.41, 5.74) is 1.04. The van der Waals surface area contributed by atoms with Gasteiger partial charge >= 0.3 is 0 Å². The second-order valence-corrected chi connectivity index (χ2v) is 6.52. The number of nitrogens with zero attached hydrogens (tertiary/aromatic N) is 6. The minimum absolute atomic E-state index is 0.499. The summed E-state index contributed by atoms with van der Waals surface area (Å²) < 4.78 is 0. The van der Waals surface area contributed by atoms with Gasteiger partial charge in [0.25, 0.3) is 0 Å². The van der Waals surface area contributed by atoms with Gasteiger partial charge < -0.3 is 9.80 Å². The van der Waals surface area contributed by atoms with Crippen LogP contribution in [0.5, 0.6) is 0 Å². The summed E-state index contributed by atoms with van der Waals surface area (Å²) in [6.45, 7) is 7.15. The highest BCUT2D eigenvalue weighted by atomic mass is 15.3. The molecule has 2 fully saturated rings. The first kappa shape index (κ1) is 14.4. The van der Waals surface area contributed by atoms with Crippen molar-refractivity contribution in [3.05, 3.63) is 36.2 Å². The van der Waals surface area contributed by atoms with Gasteiger partial charge in [-0.3, -0.25) is 4.98 Å². The minimum Gasteiger partial charge on any atom is -0.353 e. The third kappa shape index (κ3) is 2.73. The first-order valence-corrected chi connectivity index (χ1v) is 8.30. The lowest BCUT2D eigenvalue weighted by molar-refractivity contribution is 0.388. The van der Waals surface area contributed by atoms with Crippen molar-refractivity contribution in [2.45, 2.75) is 32.7 Å². The fraction of sp³-hybridized carbons (Fsp3) is 0.529. The van der Waals surface area contributed by atoms with Gasteiger partial charge in [-0.15, -0.1) is 0 Å². The van der Waals surface area contributed by atoms with Crippen molar-refractivity contribution >= 4 is 11.6 Å². The van der Waals surface area contributed by atoms with Crippen molar-refractivity contribution in [2.24, 2.45) is 5.92 Å². The van der Waals surface area contributed by atoms with E-state index in [1.807, 2.05) is 20.0 Å². The van der Waals surface area contributed by atoms with Gasteiger partial charge in [-0.05, 0) is 32.6 Å². The average Bonchev–Trinajstić information content (AvgIpc) is 2.98. The predicted octanol–water partition coefficient (Wildman–Crippen LogP) is 1.99. The van der Waals surface area contributed by atoms with E-state index in [2.05, 4.69) is 35.8 Å². The number of aryl methyl sites for hydroxylation is 2. The van der Waals surface area contributed by atoms with Crippen LogP contribution in [0.1, 0.15) is 24.4 Å². The van der Waals surface area contributed by atoms with Crippen LogP contribution in [0.2, 0.25) is 0 Å². The molecule has 6 heteroatoms. The van der Waals surface area contributed by atoms with Crippen molar-refractivity contribution in [3.63, 3.8) is 0 Å². The van der Waals surface area contributed by atoms with Gasteiger partial charge in [-0.1, -0.05) is 0 Å². The SMILES string of the molecule is Cc1cc(N2CCC3CCN(c4cnccn4)CC32)nc(C)n1. The molecule has 0 aromatic carbocycles. The molecule has 2 aromatic rings. The van der Waals surface area contributed by atoms with Crippen molar-refractivity contribution in [2.75, 3.05) is 29.4 Å². The van der Waals surface area contributed by atoms with E-state index in [0.717, 1.165) is 48.7 Å². The van der Waals surface area contributed by atoms with Gasteiger partial charge in [-0.25, -0.2) is 15.0 Å². The molecule has 2 aliphatic heterocycles. The van der Waals surface area contributed by atoms with Crippen LogP contribution in [0.15, 0.2) is 24.7 Å². The van der Waals surface area contributed by atoms with Crippen molar-refractivity contribution in [1.29, 1.82) is 0 Å². The molecule has 0 amide bonds. The van der Waals surface area contributed by atoms with Crippen LogP contribution in [0.4, 0.5) is 11.6 Å². The molecule has 0 N–H and O–H groups in total. The van der Waals surface area contributed by atoms with Crippen LogP contribution in [0, 0.1) is 19.8 Å². The maximum atomic E-state index is 4.67. The molecule has 120 valence electrons. The molecular formula is C17H22N6. The molecule has 0 spiro atoms. The van der Waals surface area contributed by atoms with Crippen LogP contribution < -0.4 is 9.80 Å². The second kappa shape index (κ2) is 5.76. The highest BCUT2D eigenvalue weighted by Crippen LogP contribution is 2.35. The fourth-order valence-corrected chi connectivity index (χ4v) is 3.93. The van der Waals surface area contributed by atoms with Gasteiger partial charge in [-0.2, -0.15) is 0 Å². The van der Waals surface area contributed by atoms with Gasteiger partial charge in [0, 0.05) is 43.8 Å². The van der Waals surface area contributed by atoms with Crippen LogP contribution in [-0.2, 0) is 0 Å². The Hall–Kier alpha value is -2.24. The summed E-state index contributed by atoms with van der Waals surface area (Å²) >= 11 is 0. The Labute approximate surface area is 136 Å². The smallest absolute Gasteiger partial charge is 0.147 e. The third-order valence-electron chi connectivity index (χ3n) is 4.98. The Morgan fingerprint density at radius 1 is 1.04 bits per heavy atom. The van der Waals surface area contributed by atoms with Crippen LogP contribution >= 0.6 is 0 Å². The lowest BCUT2D eigenvalue weighted by Gasteiger charge is -2.39. The fourth-order valence-electron chi connectivity index (χ4n) is 3.93. The Kier molecular flexibility index (Phi) is 3.59. The van der Waals surface area contributed by atoms with E-state index in [0.29, 0.717) is 6.04 Å². The molecule has 23 heavy (non-hydrogen) atoms. The number of anilines is 2. The summed E-state index contributed by atoms with van der Waals surface area (Å²) in [4.78, 5) is 22.6. The number of rotatable bonds is 2. The van der Waals surface area contributed by atoms with Crippen molar-refractivity contribution in [1.82, 2.24) is 19.9 Å². The Balaban J connectivity index is 1.59. The zero-order chi connectivity index (χ0) is 15.8. The van der Waals surface area contributed by atoms with Crippen LogP contribution in [0.25, 0.3) is 0 Å². The molecule has 2 atom stereocenters. The van der Waals surface area contributed by atoms with E-state index < -0.39 is 0 Å². The quantitative estimate of drug-likeness (QED) is 0.845. The average molecular weight is 310 g/mol. The van der Waals surface area contributed by atoms with E-state index in [1.54, 1.807) is 12.4 Å². The molecule has 2 saturated heterocycles. The molecule has 4 heterocycles. The zero-order valence-corrected chi connectivity index (χ0v) is 13.7. The summed E-state index contributed by atoms with van der Waals surface area (Å²) in [7, 11) is 0. The van der Waals surface area contributed by atoms with Crippen LogP contribution in [-0.4, -0.2) is 45.6 Å². The molecule has 6 nitrogen and oxygen atoms in total. The summed E-state index contributed by atoms with van der Waals surface area (Å²) in [6.07, 6.45) is 7.82. The van der Waals surface area contributed by atoms with Crippen LogP contribution in [0.3, 0.4) is 0 Å². The molecule has 2 unspecified atom stereocenters. The highest BCUT2D eigenvalue weighted by Gasteiger charge is 2.39. The molecule has 4 rings (SSSR count). The van der Waals surface area contributed by atoms with Crippen molar-refractivity contribution < 1.29 is 0 Å². The van der Waals surface area contributed by atoms with Gasteiger partial charge in [0.05, 0.1) is 12.2 Å². The summed E-state index contributed by atoms with van der Waals surface area (Å²) in [5, 5.41) is 0. The topological polar surface area (TPSA) is 58.0 Å². The first-order valence-electron chi connectivity index (χ1n) is 8.30. The van der Waals surface area contributed by atoms with Gasteiger partial charge in [0.2, 0.25) is 0 Å². The highest BCUT2D eigenvalue weighted by molar-refractivity contribution is 5.46. The standard InChI is InChI=1S/C17H22N6/c1-12-9-16(21-13(2)20-12)23-8-4-14-3-7-22(11-15(14)23)17-10-18-5-6-19-17/h5-6,9-10,14-15H,3-4,7-8,11H2,1-2H3. The third-order valence-corrected chi connectivity index (χ3v) is 4.98. The zero-order valence-electron chi connectivity index (χ0n) is 13.7. The number of aromatic nitrogens is 4. The molecule has 0 bridgehead atoms. The van der Waals surface area contributed by atoms with Crippen molar-refractivity contribution in [3.8, 4) is 0 Å². The second-order valence-electron chi connectivity index (χ2n) is 6.52. The Morgan fingerprint density at radius 3 is 2.70 bits per heavy atom. The maximum Gasteiger partial charge on any atom is 0.147 e. The molecule has 0 aliphatic carbocycles. The molecule has 2 aliphatic rings. The minimum atomic E-state index is 0.499. The maximum absolute atomic E-state index is 4.67. The van der Waals surface area contributed by atoms with E-state index >= 15 is 0 Å². The van der Waals surface area contributed by atoms with E-state index in [-0.39, 0.29) is 0 Å². The summed E-state index contributed by atoms with van der Waals surface area (Å²) in [5.74, 6) is 3.65. The van der Waals surface area contributed by atoms with E-state index in [1.165, 1.54) is 12.8 Å². The Bertz CT molecular complexity index is 668. The molecule has 2 aromatic heterocycles. The normalized spacial score (nSPS) is 23.9. The summed E-state index contributed by atoms with van der Waals surface area (Å²) in [6, 6.07) is 2.61. The monoisotopic (exact) mass is 310 g/mol. The number of hydrogen-bond donors (Lipinski definition) is 0. The van der Waals surface area contributed by atoms with E-state index in [4.69, 9.17) is 0 Å². The molecule has 0 radical (unpaired) electrons. The molecular weight excluding hydrogens is 288 g/mol. The number of fused-ring (bicyclic) bond motifs is 1. The Morgan fingerprint density at radius 2 is 1.91 bits per heavy atom. The van der Waals surface area contributed by atoms with E-state index in [9.17, 15) is 0 Å². The predicted molar refractivity (Wildman–Crippen MR) is 89.6 cm³/mol. The lowest BCUT2D eigenvalue weighted by Crippen LogP contribution is -2.49. The number of hydrogen-bond acceptors (Lipinski definition) is 6. The number of piperidine rings is 1. The first-order chi connectivity index (χ1) is 11.2. The largest absolute Gasteiger partial charge is 0.353 e. The molecule has 0 saturated carbocycles.